The average molecular weight is 492 g/mol. The Hall–Kier alpha value is -3.34. The van der Waals surface area contributed by atoms with E-state index < -0.39 is 18.0 Å². The van der Waals surface area contributed by atoms with Crippen LogP contribution in [0.5, 0.6) is 11.5 Å². The van der Waals surface area contributed by atoms with Crippen molar-refractivity contribution in [2.75, 3.05) is 46.9 Å². The number of nitrogens with zero attached hydrogens (tertiary/aromatic N) is 2. The molecule has 1 aromatic rings. The Morgan fingerprint density at radius 2 is 1.86 bits per heavy atom. The van der Waals surface area contributed by atoms with Gasteiger partial charge in [0.25, 0.3) is 11.8 Å². The van der Waals surface area contributed by atoms with Crippen molar-refractivity contribution in [3.05, 3.63) is 23.8 Å². The Morgan fingerprint density at radius 3 is 2.54 bits per heavy atom. The molecule has 1 aromatic carbocycles. The van der Waals surface area contributed by atoms with Gasteiger partial charge in [0.15, 0.2) is 18.1 Å². The summed E-state index contributed by atoms with van der Waals surface area (Å²) in [4.78, 5) is 53.3. The third kappa shape index (κ3) is 8.43. The zero-order valence-corrected chi connectivity index (χ0v) is 21.0. The Bertz CT molecular complexity index is 906. The van der Waals surface area contributed by atoms with Crippen molar-refractivity contribution in [2.24, 2.45) is 5.73 Å². The predicted octanol–water partition coefficient (Wildman–Crippen LogP) is 0.127. The van der Waals surface area contributed by atoms with Crippen LogP contribution in [0.1, 0.15) is 43.5 Å². The first-order chi connectivity index (χ1) is 16.6. The molecule has 0 spiro atoms. The van der Waals surface area contributed by atoms with Crippen LogP contribution in [0.4, 0.5) is 0 Å². The molecule has 3 rings (SSSR count). The third-order valence-corrected chi connectivity index (χ3v) is 5.67. The number of rotatable bonds is 2. The van der Waals surface area contributed by atoms with Crippen molar-refractivity contribution in [3.63, 3.8) is 0 Å². The number of benzene rings is 1. The topological polar surface area (TPSA) is 143 Å². The number of nitrogens with one attached hydrogen (secondary N) is 2. The molecule has 0 saturated carbocycles. The highest BCUT2D eigenvalue weighted by atomic mass is 16.5. The number of fused-ring (bicyclic) bond motifs is 18. The average Bonchev–Trinajstić information content (AvgIpc) is 2.84. The van der Waals surface area contributed by atoms with E-state index in [4.69, 9.17) is 15.2 Å². The van der Waals surface area contributed by atoms with Crippen molar-refractivity contribution in [2.45, 2.75) is 45.2 Å². The van der Waals surface area contributed by atoms with Gasteiger partial charge in [-0.05, 0) is 51.3 Å². The molecule has 2 atom stereocenters. The fourth-order valence-corrected chi connectivity index (χ4v) is 3.70. The molecule has 4 amide bonds. The predicted molar refractivity (Wildman–Crippen MR) is 130 cm³/mol. The van der Waals surface area contributed by atoms with Gasteiger partial charge < -0.3 is 35.6 Å². The number of likely N-dealkylation sites (N-methyl/N-ethyl adjacent to an activating group) is 1. The maximum atomic E-state index is 12.6. The van der Waals surface area contributed by atoms with Crippen LogP contribution < -0.4 is 25.8 Å². The summed E-state index contributed by atoms with van der Waals surface area (Å²) >= 11 is 0. The van der Waals surface area contributed by atoms with Crippen LogP contribution in [0.25, 0.3) is 0 Å². The smallest absolute Gasteiger partial charge is 0.258 e. The molecule has 35 heavy (non-hydrogen) atoms. The van der Waals surface area contributed by atoms with E-state index in [1.807, 2.05) is 0 Å². The molecule has 0 radical (unpaired) electrons. The zero-order valence-electron chi connectivity index (χ0n) is 21.0. The SMILES string of the molecule is COc1cc2ccc1OCC(=O)N[C@@H](C)C(=O)N(C)CCCCN(C(=O)[C@@H](C)N)CCCNC2=O. The van der Waals surface area contributed by atoms with E-state index in [2.05, 4.69) is 10.6 Å². The van der Waals surface area contributed by atoms with Gasteiger partial charge >= 0.3 is 0 Å². The lowest BCUT2D eigenvalue weighted by Gasteiger charge is -2.26. The summed E-state index contributed by atoms with van der Waals surface area (Å²) in [6.45, 7) is 4.75. The number of carbonyl (C=O) groups excluding carboxylic acids is 4. The van der Waals surface area contributed by atoms with Gasteiger partial charge in [0.05, 0.1) is 13.2 Å². The van der Waals surface area contributed by atoms with Crippen LogP contribution >= 0.6 is 0 Å². The van der Waals surface area contributed by atoms with Crippen LogP contribution in [-0.4, -0.2) is 92.5 Å². The Kier molecular flexibility index (Phi) is 10.8. The molecule has 11 heteroatoms. The molecule has 2 bridgehead atoms. The fourth-order valence-electron chi connectivity index (χ4n) is 3.70. The van der Waals surface area contributed by atoms with Gasteiger partial charge in [-0.25, -0.2) is 0 Å². The molecular weight excluding hydrogens is 454 g/mol. The third-order valence-electron chi connectivity index (χ3n) is 5.67. The van der Waals surface area contributed by atoms with E-state index >= 15 is 0 Å². The van der Waals surface area contributed by atoms with Gasteiger partial charge in [0.2, 0.25) is 11.8 Å². The molecule has 0 fully saturated rings. The molecule has 2 aliphatic heterocycles. The Morgan fingerprint density at radius 1 is 1.17 bits per heavy atom. The first-order valence-electron chi connectivity index (χ1n) is 11.8. The van der Waals surface area contributed by atoms with Gasteiger partial charge in [-0.1, -0.05) is 0 Å². The number of methoxy groups -OCH3 is 1. The maximum Gasteiger partial charge on any atom is 0.258 e. The number of amides is 4. The van der Waals surface area contributed by atoms with Crippen molar-refractivity contribution >= 4 is 23.6 Å². The lowest BCUT2D eigenvalue weighted by Crippen LogP contribution is -2.47. The maximum absolute atomic E-state index is 12.6. The number of hydrogen-bond acceptors (Lipinski definition) is 7. The van der Waals surface area contributed by atoms with Gasteiger partial charge in [0, 0.05) is 38.8 Å². The van der Waals surface area contributed by atoms with Gasteiger partial charge in [-0.15, -0.1) is 0 Å². The minimum Gasteiger partial charge on any atom is -0.493 e. The van der Waals surface area contributed by atoms with E-state index in [9.17, 15) is 19.2 Å². The van der Waals surface area contributed by atoms with E-state index in [0.29, 0.717) is 62.5 Å². The molecule has 2 aliphatic rings. The second-order valence-corrected chi connectivity index (χ2v) is 8.63. The van der Waals surface area contributed by atoms with Crippen molar-refractivity contribution in [1.82, 2.24) is 20.4 Å². The number of ether oxygens (including phenoxy) is 2. The van der Waals surface area contributed by atoms with Gasteiger partial charge in [-0.3, -0.25) is 19.2 Å². The quantitative estimate of drug-likeness (QED) is 0.499. The van der Waals surface area contributed by atoms with Crippen molar-refractivity contribution in [3.8, 4) is 11.5 Å². The largest absolute Gasteiger partial charge is 0.493 e. The summed E-state index contributed by atoms with van der Waals surface area (Å²) in [6, 6.07) is 3.29. The summed E-state index contributed by atoms with van der Waals surface area (Å²) in [7, 11) is 3.11. The fraction of sp³-hybridized carbons (Fsp3) is 0.583. The standard InChI is InChI=1S/C24H37N5O6/c1-16(25)23(32)29-12-6-5-11-28(3)24(33)17(2)27-21(30)15-35-19-9-8-18(14-20(19)34-4)22(31)26-10-7-13-29/h8-9,14,16-17H,5-7,10-13,15,25H2,1-4H3,(H,26,31)(H,27,30)/t16-,17+/m1/s1. The van der Waals surface area contributed by atoms with E-state index in [1.165, 1.54) is 13.2 Å². The van der Waals surface area contributed by atoms with Gasteiger partial charge in [0.1, 0.15) is 6.04 Å². The van der Waals surface area contributed by atoms with Crippen LogP contribution in [-0.2, 0) is 14.4 Å². The highest BCUT2D eigenvalue weighted by Gasteiger charge is 2.21. The zero-order chi connectivity index (χ0) is 26.0. The number of hydrogen-bond donors (Lipinski definition) is 3. The molecule has 0 saturated heterocycles. The van der Waals surface area contributed by atoms with Gasteiger partial charge in [-0.2, -0.15) is 0 Å². The van der Waals surface area contributed by atoms with Crippen LogP contribution in [0.3, 0.4) is 0 Å². The highest BCUT2D eigenvalue weighted by molar-refractivity contribution is 5.95. The molecule has 0 unspecified atom stereocenters. The molecule has 194 valence electrons. The summed E-state index contributed by atoms with van der Waals surface area (Å²) in [5, 5.41) is 5.47. The van der Waals surface area contributed by atoms with Crippen LogP contribution in [0.2, 0.25) is 0 Å². The van der Waals surface area contributed by atoms with Crippen molar-refractivity contribution < 1.29 is 28.7 Å². The molecule has 2 heterocycles. The monoisotopic (exact) mass is 491 g/mol. The second-order valence-electron chi connectivity index (χ2n) is 8.63. The Balaban J connectivity index is 2.18. The molecule has 0 aliphatic carbocycles. The normalized spacial score (nSPS) is 20.3. The molecule has 0 aromatic heterocycles. The first kappa shape index (κ1) is 27.9. The first-order valence-corrected chi connectivity index (χ1v) is 11.8. The second kappa shape index (κ2) is 13.5. The lowest BCUT2D eigenvalue weighted by atomic mass is 10.2. The minimum absolute atomic E-state index is 0.157. The van der Waals surface area contributed by atoms with E-state index in [0.717, 1.165) is 0 Å². The molecule has 4 N–H and O–H groups in total. The summed E-state index contributed by atoms with van der Waals surface area (Å²) < 4.78 is 10.9. The summed E-state index contributed by atoms with van der Waals surface area (Å²) in [6.07, 6.45) is 1.93. The summed E-state index contributed by atoms with van der Waals surface area (Å²) in [5.74, 6) is -0.534. The molecular formula is C24H37N5O6. The van der Waals surface area contributed by atoms with E-state index in [1.54, 1.807) is 42.8 Å². The summed E-state index contributed by atoms with van der Waals surface area (Å²) in [5.41, 5.74) is 6.18. The van der Waals surface area contributed by atoms with Crippen LogP contribution in [0.15, 0.2) is 18.2 Å². The minimum atomic E-state index is -0.727. The van der Waals surface area contributed by atoms with Crippen LogP contribution in [0, 0.1) is 0 Å². The Labute approximate surface area is 206 Å². The molecule has 11 nitrogen and oxygen atoms in total. The number of carbonyl (C=O) groups is 4. The van der Waals surface area contributed by atoms with E-state index in [-0.39, 0.29) is 24.3 Å². The lowest BCUT2D eigenvalue weighted by molar-refractivity contribution is -0.135. The van der Waals surface area contributed by atoms with Crippen molar-refractivity contribution in [1.29, 1.82) is 0 Å². The highest BCUT2D eigenvalue weighted by Crippen LogP contribution is 2.28. The number of nitrogens with two attached hydrogens (primary N) is 1.